The fraction of sp³-hybridized carbons (Fsp3) is 0.154. The standard InChI is InChI=1S/C13H11Cl2N5O4S/c14-11(15)12(24)17-13-20-19-10(25-13)4-9(23)18-16-5-6-1-2-7(21)8(22)3-6/h1-3,5,11,21-22H,4H2,(H,18,23)(H,17,20,24)/b16-5-. The second kappa shape index (κ2) is 8.60. The van der Waals surface area contributed by atoms with Crippen LogP contribution < -0.4 is 10.7 Å². The van der Waals surface area contributed by atoms with Gasteiger partial charge >= 0.3 is 0 Å². The van der Waals surface area contributed by atoms with Gasteiger partial charge in [-0.15, -0.1) is 10.2 Å². The number of nitrogens with zero attached hydrogens (tertiary/aromatic N) is 3. The molecule has 25 heavy (non-hydrogen) atoms. The molecule has 4 N–H and O–H groups in total. The molecule has 132 valence electrons. The van der Waals surface area contributed by atoms with Crippen LogP contribution in [-0.2, 0) is 16.0 Å². The van der Waals surface area contributed by atoms with Crippen LogP contribution in [0.5, 0.6) is 11.5 Å². The maximum atomic E-state index is 11.8. The molecular weight excluding hydrogens is 393 g/mol. The highest BCUT2D eigenvalue weighted by Gasteiger charge is 2.15. The summed E-state index contributed by atoms with van der Waals surface area (Å²) in [5, 5.41) is 32.6. The van der Waals surface area contributed by atoms with Crippen LogP contribution in [0.3, 0.4) is 0 Å². The molecule has 0 fully saturated rings. The number of aromatic nitrogens is 2. The molecule has 1 aromatic heterocycles. The molecule has 0 saturated heterocycles. The predicted molar refractivity (Wildman–Crippen MR) is 93.2 cm³/mol. The second-order valence-corrected chi connectivity index (χ2v) is 6.67. The molecule has 2 amide bonds. The summed E-state index contributed by atoms with van der Waals surface area (Å²) in [5.41, 5.74) is 2.76. The number of aromatic hydroxyl groups is 2. The molecule has 2 rings (SSSR count). The van der Waals surface area contributed by atoms with Crippen molar-refractivity contribution >= 4 is 57.7 Å². The van der Waals surface area contributed by atoms with Crippen LogP contribution in [0.15, 0.2) is 23.3 Å². The Balaban J connectivity index is 1.86. The maximum absolute atomic E-state index is 11.8. The van der Waals surface area contributed by atoms with Gasteiger partial charge in [-0.05, 0) is 23.8 Å². The highest BCUT2D eigenvalue weighted by Crippen LogP contribution is 2.24. The Kier molecular flexibility index (Phi) is 6.51. The first kappa shape index (κ1) is 18.9. The Morgan fingerprint density at radius 3 is 2.72 bits per heavy atom. The molecule has 0 saturated carbocycles. The lowest BCUT2D eigenvalue weighted by atomic mass is 10.2. The molecular formula is C13H11Cl2N5O4S. The van der Waals surface area contributed by atoms with Gasteiger partial charge in [0.05, 0.1) is 12.6 Å². The minimum Gasteiger partial charge on any atom is -0.504 e. The van der Waals surface area contributed by atoms with Crippen LogP contribution in [0.2, 0.25) is 0 Å². The summed E-state index contributed by atoms with van der Waals surface area (Å²) in [6, 6.07) is 4.08. The van der Waals surface area contributed by atoms with Crippen LogP contribution in [0.25, 0.3) is 0 Å². The molecule has 12 heteroatoms. The number of rotatable bonds is 6. The molecule has 0 aliphatic carbocycles. The average molecular weight is 404 g/mol. The molecule has 0 spiro atoms. The molecule has 2 aromatic rings. The van der Waals surface area contributed by atoms with E-state index in [4.69, 9.17) is 23.2 Å². The topological polar surface area (TPSA) is 137 Å². The van der Waals surface area contributed by atoms with E-state index >= 15 is 0 Å². The van der Waals surface area contributed by atoms with Crippen molar-refractivity contribution in [3.05, 3.63) is 28.8 Å². The lowest BCUT2D eigenvalue weighted by Crippen LogP contribution is -2.19. The van der Waals surface area contributed by atoms with Gasteiger partial charge in [0.25, 0.3) is 5.91 Å². The maximum Gasteiger partial charge on any atom is 0.259 e. The first-order valence-electron chi connectivity index (χ1n) is 6.60. The third-order valence-electron chi connectivity index (χ3n) is 2.61. The van der Waals surface area contributed by atoms with Crippen LogP contribution in [0, 0.1) is 0 Å². The third kappa shape index (κ3) is 5.85. The molecule has 0 aliphatic rings. The van der Waals surface area contributed by atoms with Gasteiger partial charge < -0.3 is 10.2 Å². The van der Waals surface area contributed by atoms with Crippen LogP contribution >= 0.6 is 34.5 Å². The summed E-state index contributed by atoms with van der Waals surface area (Å²) in [4.78, 5) is 21.8. The number of alkyl halides is 2. The number of phenols is 2. The number of halogens is 2. The van der Waals surface area contributed by atoms with Gasteiger partial charge in [-0.2, -0.15) is 5.10 Å². The lowest BCUT2D eigenvalue weighted by Gasteiger charge is -1.99. The van der Waals surface area contributed by atoms with Crippen molar-refractivity contribution in [2.75, 3.05) is 5.32 Å². The number of carbonyl (C=O) groups is 2. The minimum absolute atomic E-state index is 0.100. The SMILES string of the molecule is O=C(Cc1nnc(NC(=O)C(Cl)Cl)s1)N/N=C\c1ccc(O)c(O)c1. The zero-order chi connectivity index (χ0) is 18.4. The van der Waals surface area contributed by atoms with Gasteiger partial charge in [0, 0.05) is 0 Å². The monoisotopic (exact) mass is 403 g/mol. The number of hydrazone groups is 1. The van der Waals surface area contributed by atoms with E-state index < -0.39 is 16.7 Å². The zero-order valence-corrected chi connectivity index (χ0v) is 14.6. The van der Waals surface area contributed by atoms with Crippen molar-refractivity contribution in [2.45, 2.75) is 11.3 Å². The summed E-state index contributed by atoms with van der Waals surface area (Å²) in [6.07, 6.45) is 1.20. The fourth-order valence-corrected chi connectivity index (χ4v) is 2.36. The molecule has 0 bridgehead atoms. The summed E-state index contributed by atoms with van der Waals surface area (Å²) in [7, 11) is 0. The Labute approximate surface area is 155 Å². The normalized spacial score (nSPS) is 11.0. The summed E-state index contributed by atoms with van der Waals surface area (Å²) < 4.78 is 0. The Morgan fingerprint density at radius 2 is 2.04 bits per heavy atom. The van der Waals surface area contributed by atoms with Crippen LogP contribution in [-0.4, -0.2) is 43.3 Å². The third-order valence-corrected chi connectivity index (χ3v) is 3.84. The van der Waals surface area contributed by atoms with Crippen molar-refractivity contribution < 1.29 is 19.8 Å². The predicted octanol–water partition coefficient (Wildman–Crippen LogP) is 1.38. The summed E-state index contributed by atoms with van der Waals surface area (Å²) >= 11 is 11.8. The van der Waals surface area contributed by atoms with E-state index in [9.17, 15) is 19.8 Å². The van der Waals surface area contributed by atoms with Crippen molar-refractivity contribution in [3.63, 3.8) is 0 Å². The van der Waals surface area contributed by atoms with Gasteiger partial charge in [0.1, 0.15) is 5.01 Å². The van der Waals surface area contributed by atoms with Crippen LogP contribution in [0.4, 0.5) is 5.13 Å². The van der Waals surface area contributed by atoms with Crippen molar-refractivity contribution in [1.29, 1.82) is 0 Å². The molecule has 1 aromatic carbocycles. The molecule has 0 radical (unpaired) electrons. The number of hydrogen-bond acceptors (Lipinski definition) is 8. The van der Waals surface area contributed by atoms with Gasteiger partial charge in [-0.3, -0.25) is 14.9 Å². The van der Waals surface area contributed by atoms with E-state index in [0.717, 1.165) is 11.3 Å². The van der Waals surface area contributed by atoms with Gasteiger partial charge in [0.2, 0.25) is 11.0 Å². The molecule has 0 atom stereocenters. The highest BCUT2D eigenvalue weighted by molar-refractivity contribution is 7.15. The first-order valence-corrected chi connectivity index (χ1v) is 8.29. The van der Waals surface area contributed by atoms with E-state index in [1.165, 1.54) is 24.4 Å². The Bertz CT molecular complexity index is 811. The molecule has 1 heterocycles. The second-order valence-electron chi connectivity index (χ2n) is 4.51. The fourth-order valence-electron chi connectivity index (χ4n) is 1.51. The Morgan fingerprint density at radius 1 is 1.28 bits per heavy atom. The molecule has 9 nitrogen and oxygen atoms in total. The van der Waals surface area contributed by atoms with Crippen LogP contribution in [0.1, 0.15) is 10.6 Å². The lowest BCUT2D eigenvalue weighted by molar-refractivity contribution is -0.120. The smallest absolute Gasteiger partial charge is 0.259 e. The number of carbonyl (C=O) groups excluding carboxylic acids is 2. The van der Waals surface area contributed by atoms with E-state index in [1.54, 1.807) is 0 Å². The van der Waals surface area contributed by atoms with Crippen molar-refractivity contribution in [3.8, 4) is 11.5 Å². The minimum atomic E-state index is -1.23. The van der Waals surface area contributed by atoms with Gasteiger partial charge in [-0.25, -0.2) is 5.43 Å². The van der Waals surface area contributed by atoms with Crippen molar-refractivity contribution in [1.82, 2.24) is 15.6 Å². The van der Waals surface area contributed by atoms with Gasteiger partial charge in [-0.1, -0.05) is 34.5 Å². The summed E-state index contributed by atoms with van der Waals surface area (Å²) in [5.74, 6) is -1.65. The largest absolute Gasteiger partial charge is 0.504 e. The number of benzene rings is 1. The van der Waals surface area contributed by atoms with Gasteiger partial charge in [0.15, 0.2) is 16.3 Å². The molecule has 0 aliphatic heterocycles. The first-order chi connectivity index (χ1) is 11.8. The zero-order valence-electron chi connectivity index (χ0n) is 12.3. The highest BCUT2D eigenvalue weighted by atomic mass is 35.5. The average Bonchev–Trinajstić information content (AvgIpc) is 2.97. The number of anilines is 1. The van der Waals surface area contributed by atoms with E-state index in [-0.39, 0.29) is 23.1 Å². The Hall–Kier alpha value is -2.43. The van der Waals surface area contributed by atoms with Crippen molar-refractivity contribution in [2.24, 2.45) is 5.10 Å². The number of amides is 2. The number of hydrogen-bond donors (Lipinski definition) is 4. The summed E-state index contributed by atoms with van der Waals surface area (Å²) in [6.45, 7) is 0. The molecule has 0 unspecified atom stereocenters. The van der Waals surface area contributed by atoms with E-state index in [0.29, 0.717) is 10.6 Å². The number of nitrogens with one attached hydrogen (secondary N) is 2. The van der Waals surface area contributed by atoms with E-state index in [2.05, 4.69) is 26.0 Å². The number of phenolic OH excluding ortho intramolecular Hbond substituents is 2. The quantitative estimate of drug-likeness (QED) is 0.249. The van der Waals surface area contributed by atoms with E-state index in [1.807, 2.05) is 0 Å².